The largest absolute Gasteiger partial charge is 0.416 e. The molecule has 0 bridgehead atoms. The zero-order valence-electron chi connectivity index (χ0n) is 23.2. The lowest BCUT2D eigenvalue weighted by Gasteiger charge is -2.34. The number of halogens is 5. The van der Waals surface area contributed by atoms with Gasteiger partial charge in [0, 0.05) is 41.8 Å². The Morgan fingerprint density at radius 1 is 1.14 bits per heavy atom. The summed E-state index contributed by atoms with van der Waals surface area (Å²) in [5.41, 5.74) is -1.64. The zero-order valence-corrected chi connectivity index (χ0v) is 25.6. The van der Waals surface area contributed by atoms with Crippen LogP contribution in [-0.4, -0.2) is 69.7 Å². The van der Waals surface area contributed by atoms with Crippen LogP contribution >= 0.6 is 23.2 Å². The second-order valence-electron chi connectivity index (χ2n) is 10.6. The molecule has 0 aliphatic carbocycles. The molecule has 0 unspecified atom stereocenters. The van der Waals surface area contributed by atoms with Crippen LogP contribution in [0, 0.1) is 0 Å². The van der Waals surface area contributed by atoms with Crippen molar-refractivity contribution in [3.63, 3.8) is 0 Å². The molecule has 230 valence electrons. The van der Waals surface area contributed by atoms with Gasteiger partial charge in [0.15, 0.2) is 9.84 Å². The van der Waals surface area contributed by atoms with Gasteiger partial charge < -0.3 is 15.5 Å². The molecular weight excluding hydrogens is 616 g/mol. The van der Waals surface area contributed by atoms with Crippen LogP contribution in [0.1, 0.15) is 54.1 Å². The van der Waals surface area contributed by atoms with E-state index in [2.05, 4.69) is 10.6 Å². The molecule has 2 aromatic carbocycles. The number of hydrogen-bond donors (Lipinski definition) is 2. The van der Waals surface area contributed by atoms with Crippen molar-refractivity contribution in [3.8, 4) is 0 Å². The Morgan fingerprint density at radius 2 is 1.88 bits per heavy atom. The molecule has 4 rings (SSSR count). The van der Waals surface area contributed by atoms with Gasteiger partial charge in [0.25, 0.3) is 5.91 Å². The third kappa shape index (κ3) is 7.39. The van der Waals surface area contributed by atoms with Crippen LogP contribution in [0.5, 0.6) is 0 Å². The summed E-state index contributed by atoms with van der Waals surface area (Å²) >= 11 is 12.5. The number of likely N-dealkylation sites (tertiary alicyclic amines) is 1. The van der Waals surface area contributed by atoms with Gasteiger partial charge in [0.05, 0.1) is 27.9 Å². The van der Waals surface area contributed by atoms with E-state index in [9.17, 15) is 31.2 Å². The van der Waals surface area contributed by atoms with E-state index in [0.29, 0.717) is 25.9 Å². The van der Waals surface area contributed by atoms with Crippen LogP contribution in [0.15, 0.2) is 35.2 Å². The number of hydrogen-bond acceptors (Lipinski definition) is 6. The predicted molar refractivity (Wildman–Crippen MR) is 156 cm³/mol. The summed E-state index contributed by atoms with van der Waals surface area (Å²) in [6, 6.07) is 5.35. The van der Waals surface area contributed by atoms with Gasteiger partial charge in [-0.3, -0.25) is 14.5 Å². The molecule has 2 heterocycles. The van der Waals surface area contributed by atoms with Crippen molar-refractivity contribution in [3.05, 3.63) is 57.1 Å². The second kappa shape index (κ2) is 13.1. The number of amides is 2. The van der Waals surface area contributed by atoms with Gasteiger partial charge in [0.1, 0.15) is 0 Å². The minimum Gasteiger partial charge on any atom is -0.351 e. The smallest absolute Gasteiger partial charge is 0.351 e. The third-order valence-corrected chi connectivity index (χ3v) is 10.0. The van der Waals surface area contributed by atoms with Crippen molar-refractivity contribution in [2.24, 2.45) is 0 Å². The maximum absolute atomic E-state index is 14.3. The van der Waals surface area contributed by atoms with Crippen LogP contribution in [0.4, 0.5) is 18.9 Å². The van der Waals surface area contributed by atoms with Crippen molar-refractivity contribution in [2.75, 3.05) is 37.3 Å². The van der Waals surface area contributed by atoms with Gasteiger partial charge in [-0.2, -0.15) is 13.2 Å². The van der Waals surface area contributed by atoms with E-state index in [1.165, 1.54) is 38.2 Å². The minimum absolute atomic E-state index is 0.0580. The Kier molecular flexibility index (Phi) is 10.1. The molecule has 0 aromatic heterocycles. The van der Waals surface area contributed by atoms with E-state index in [0.717, 1.165) is 30.4 Å². The van der Waals surface area contributed by atoms with Gasteiger partial charge in [-0.05, 0) is 74.7 Å². The molecule has 0 radical (unpaired) electrons. The monoisotopic (exact) mass is 648 g/mol. The van der Waals surface area contributed by atoms with E-state index in [1.54, 1.807) is 0 Å². The molecule has 2 saturated heterocycles. The molecule has 0 spiro atoms. The highest BCUT2D eigenvalue weighted by Crippen LogP contribution is 2.38. The van der Waals surface area contributed by atoms with Crippen molar-refractivity contribution < 1.29 is 31.2 Å². The van der Waals surface area contributed by atoms with Gasteiger partial charge >= 0.3 is 6.18 Å². The van der Waals surface area contributed by atoms with E-state index < -0.39 is 27.5 Å². The van der Waals surface area contributed by atoms with Gasteiger partial charge in [-0.25, -0.2) is 8.42 Å². The first-order chi connectivity index (χ1) is 19.7. The van der Waals surface area contributed by atoms with Crippen LogP contribution in [0.3, 0.4) is 0 Å². The summed E-state index contributed by atoms with van der Waals surface area (Å²) in [6.45, 7) is 2.97. The fraction of sp³-hybridized carbons (Fsp3) is 0.500. The third-order valence-electron chi connectivity index (χ3n) is 7.66. The summed E-state index contributed by atoms with van der Waals surface area (Å²) in [5.74, 6) is -1.24. The first-order valence-corrected chi connectivity index (χ1v) is 16.1. The molecule has 2 amide bonds. The first-order valence-electron chi connectivity index (χ1n) is 13.7. The Hall–Kier alpha value is -2.38. The fourth-order valence-electron chi connectivity index (χ4n) is 5.40. The first kappa shape index (κ1) is 32.5. The Bertz CT molecular complexity index is 1450. The summed E-state index contributed by atoms with van der Waals surface area (Å²) in [4.78, 5) is 28.6. The molecule has 2 aliphatic rings. The maximum atomic E-state index is 14.3. The van der Waals surface area contributed by atoms with Crippen molar-refractivity contribution in [2.45, 2.75) is 62.3 Å². The number of carbonyl (C=O) groups is 2. The molecular formula is C28H33Cl2F3N4O4S. The Labute approximate surface area is 253 Å². The van der Waals surface area contributed by atoms with E-state index in [1.807, 2.05) is 4.90 Å². The number of piperidine rings is 1. The maximum Gasteiger partial charge on any atom is 0.416 e. The number of sulfone groups is 1. The minimum atomic E-state index is -4.82. The summed E-state index contributed by atoms with van der Waals surface area (Å²) < 4.78 is 68.3. The number of alkyl halides is 3. The van der Waals surface area contributed by atoms with Crippen molar-refractivity contribution in [1.82, 2.24) is 15.5 Å². The molecule has 42 heavy (non-hydrogen) atoms. The zero-order chi connectivity index (χ0) is 30.8. The molecule has 0 saturated carbocycles. The van der Waals surface area contributed by atoms with Crippen LogP contribution < -0.4 is 15.5 Å². The topological polar surface area (TPSA) is 98.8 Å². The average molecular weight is 650 g/mol. The Morgan fingerprint density at radius 3 is 2.52 bits per heavy atom. The summed E-state index contributed by atoms with van der Waals surface area (Å²) in [5, 5.41) is 6.06. The van der Waals surface area contributed by atoms with Crippen molar-refractivity contribution >= 4 is 50.5 Å². The molecule has 8 nitrogen and oxygen atoms in total. The standard InChI is InChI=1S/C28H33Cl2F3N4O4S/c1-3-42(40,41)25-9-8-18(29)14-24(25)36(2)27(39)17-12-21(28(31,32)33)20(22(30)13-17)16-37-11-5-6-19(15-37)35-26(38)23-7-4-10-34-23/h8-9,12-14,19,23,34H,3-7,10-11,15-16H2,1-2H3,(H,35,38)/t19-,23+/m0/s1. The molecule has 2 aliphatic heterocycles. The number of nitrogens with one attached hydrogen (secondary N) is 2. The second-order valence-corrected chi connectivity index (χ2v) is 13.7. The van der Waals surface area contributed by atoms with Crippen LogP contribution in [-0.2, 0) is 27.4 Å². The highest BCUT2D eigenvalue weighted by Gasteiger charge is 2.37. The lowest BCUT2D eigenvalue weighted by atomic mass is 9.99. The fourth-order valence-corrected chi connectivity index (χ4v) is 6.94. The Balaban J connectivity index is 1.59. The van der Waals surface area contributed by atoms with Gasteiger partial charge in [-0.1, -0.05) is 30.1 Å². The lowest BCUT2D eigenvalue weighted by molar-refractivity contribution is -0.138. The quantitative estimate of drug-likeness (QED) is 0.422. The SMILES string of the molecule is CCS(=O)(=O)c1ccc(Cl)cc1N(C)C(=O)c1cc(Cl)c(CN2CCC[C@H](NC(=O)[C@H]3CCCN3)C2)c(C(F)(F)F)c1. The number of anilines is 1. The number of rotatable bonds is 8. The van der Waals surface area contributed by atoms with Crippen LogP contribution in [0.2, 0.25) is 10.0 Å². The van der Waals surface area contributed by atoms with E-state index >= 15 is 0 Å². The normalized spacial score (nSPS) is 20.0. The van der Waals surface area contributed by atoms with Crippen molar-refractivity contribution in [1.29, 1.82) is 0 Å². The number of benzene rings is 2. The molecule has 2 fully saturated rings. The highest BCUT2D eigenvalue weighted by molar-refractivity contribution is 7.91. The average Bonchev–Trinajstić information content (AvgIpc) is 3.48. The summed E-state index contributed by atoms with van der Waals surface area (Å²) in [6.07, 6.45) is -1.75. The number of carbonyl (C=O) groups excluding carboxylic acids is 2. The molecule has 14 heteroatoms. The van der Waals surface area contributed by atoms with E-state index in [4.69, 9.17) is 23.2 Å². The lowest BCUT2D eigenvalue weighted by Crippen LogP contribution is -2.51. The molecule has 2 N–H and O–H groups in total. The van der Waals surface area contributed by atoms with Crippen LogP contribution in [0.25, 0.3) is 0 Å². The van der Waals surface area contributed by atoms with Gasteiger partial charge in [0.2, 0.25) is 5.91 Å². The molecule has 2 aromatic rings. The highest BCUT2D eigenvalue weighted by atomic mass is 35.5. The van der Waals surface area contributed by atoms with E-state index in [-0.39, 0.29) is 62.0 Å². The summed E-state index contributed by atoms with van der Waals surface area (Å²) in [7, 11) is -2.52. The number of nitrogens with zero attached hydrogens (tertiary/aromatic N) is 2. The predicted octanol–water partition coefficient (Wildman–Crippen LogP) is 4.92. The van der Waals surface area contributed by atoms with Gasteiger partial charge in [-0.15, -0.1) is 0 Å². The molecule has 2 atom stereocenters.